The molecular weight excluding hydrogens is 214 g/mol. The van der Waals surface area contributed by atoms with Crippen LogP contribution in [0, 0.1) is 5.92 Å². The van der Waals surface area contributed by atoms with Gasteiger partial charge < -0.3 is 10.2 Å². The van der Waals surface area contributed by atoms with Gasteiger partial charge in [0.2, 0.25) is 5.91 Å². The largest absolute Gasteiger partial charge is 0.358 e. The minimum atomic E-state index is 0.139. The molecule has 1 N–H and O–H groups in total. The minimum Gasteiger partial charge on any atom is -0.358 e. The van der Waals surface area contributed by atoms with Gasteiger partial charge in [-0.3, -0.25) is 9.69 Å². The molecule has 17 heavy (non-hydrogen) atoms. The molecular formula is C13H25N3O. The monoisotopic (exact) mass is 239 g/mol. The average Bonchev–Trinajstić information content (AvgIpc) is 2.79. The molecule has 4 nitrogen and oxygen atoms in total. The van der Waals surface area contributed by atoms with Gasteiger partial charge in [0.25, 0.3) is 0 Å². The number of amides is 1. The quantitative estimate of drug-likeness (QED) is 0.781. The lowest BCUT2D eigenvalue weighted by molar-refractivity contribution is -0.125. The Morgan fingerprint density at radius 1 is 1.24 bits per heavy atom. The first-order valence-electron chi connectivity index (χ1n) is 6.85. The molecule has 0 aromatic heterocycles. The first-order valence-corrected chi connectivity index (χ1v) is 6.85. The smallest absolute Gasteiger partial charge is 0.237 e. The van der Waals surface area contributed by atoms with E-state index in [-0.39, 0.29) is 11.9 Å². The van der Waals surface area contributed by atoms with Crippen LogP contribution in [0.1, 0.15) is 25.7 Å². The Hall–Kier alpha value is -0.610. The molecule has 0 bridgehead atoms. The van der Waals surface area contributed by atoms with Gasteiger partial charge in [0.15, 0.2) is 0 Å². The molecule has 2 aliphatic heterocycles. The molecule has 0 spiro atoms. The second-order valence-corrected chi connectivity index (χ2v) is 5.51. The summed E-state index contributed by atoms with van der Waals surface area (Å²) in [5.41, 5.74) is 0. The van der Waals surface area contributed by atoms with Crippen LogP contribution in [0.2, 0.25) is 0 Å². The van der Waals surface area contributed by atoms with E-state index in [9.17, 15) is 4.79 Å². The Balaban J connectivity index is 1.83. The number of rotatable bonds is 3. The molecule has 98 valence electrons. The third-order valence-electron chi connectivity index (χ3n) is 4.24. The van der Waals surface area contributed by atoms with Gasteiger partial charge in [-0.2, -0.15) is 0 Å². The average molecular weight is 239 g/mol. The van der Waals surface area contributed by atoms with E-state index >= 15 is 0 Å². The van der Waals surface area contributed by atoms with Gasteiger partial charge in [0, 0.05) is 13.6 Å². The summed E-state index contributed by atoms with van der Waals surface area (Å²) in [4.78, 5) is 16.6. The predicted molar refractivity (Wildman–Crippen MR) is 68.9 cm³/mol. The Morgan fingerprint density at radius 2 is 1.94 bits per heavy atom. The van der Waals surface area contributed by atoms with Gasteiger partial charge in [-0.15, -0.1) is 0 Å². The molecule has 0 unspecified atom stereocenters. The first kappa shape index (κ1) is 12.8. The number of nitrogens with zero attached hydrogens (tertiary/aromatic N) is 2. The number of carbonyl (C=O) groups is 1. The zero-order valence-corrected chi connectivity index (χ0v) is 11.1. The van der Waals surface area contributed by atoms with E-state index in [0.29, 0.717) is 0 Å². The zero-order valence-electron chi connectivity index (χ0n) is 11.1. The van der Waals surface area contributed by atoms with E-state index < -0.39 is 0 Å². The highest BCUT2D eigenvalue weighted by Crippen LogP contribution is 2.23. The number of likely N-dealkylation sites (N-methyl/N-ethyl adjacent to an activating group) is 1. The number of nitrogens with one attached hydrogen (secondary N) is 1. The molecule has 0 aromatic rings. The lowest BCUT2D eigenvalue weighted by atomic mass is 9.96. The van der Waals surface area contributed by atoms with E-state index in [0.717, 1.165) is 25.4 Å². The number of hydrogen-bond acceptors (Lipinski definition) is 3. The van der Waals surface area contributed by atoms with E-state index in [1.165, 1.54) is 32.4 Å². The maximum absolute atomic E-state index is 11.8. The zero-order chi connectivity index (χ0) is 12.3. The Kier molecular flexibility index (Phi) is 4.40. The van der Waals surface area contributed by atoms with Crippen LogP contribution in [0.3, 0.4) is 0 Å². The summed E-state index contributed by atoms with van der Waals surface area (Å²) in [6.07, 6.45) is 4.78. The maximum atomic E-state index is 11.8. The lowest BCUT2D eigenvalue weighted by Crippen LogP contribution is -2.45. The summed E-state index contributed by atoms with van der Waals surface area (Å²) in [5, 5.41) is 2.79. The first-order chi connectivity index (χ1) is 8.20. The molecule has 0 saturated carbocycles. The summed E-state index contributed by atoms with van der Waals surface area (Å²) in [6, 6.07) is 0.139. The van der Waals surface area contributed by atoms with Crippen molar-refractivity contribution in [1.82, 2.24) is 15.1 Å². The molecule has 2 rings (SSSR count). The highest BCUT2D eigenvalue weighted by molar-refractivity contribution is 5.81. The van der Waals surface area contributed by atoms with Crippen LogP contribution in [0.15, 0.2) is 0 Å². The maximum Gasteiger partial charge on any atom is 0.237 e. The Bertz CT molecular complexity index is 261. The SMILES string of the molecule is CNC(=O)[C@@H]1CCCN1CC1CCN(C)CC1. The van der Waals surface area contributed by atoms with Crippen molar-refractivity contribution >= 4 is 5.91 Å². The second-order valence-electron chi connectivity index (χ2n) is 5.51. The molecule has 2 heterocycles. The van der Waals surface area contributed by atoms with Crippen molar-refractivity contribution in [2.45, 2.75) is 31.7 Å². The van der Waals surface area contributed by atoms with Crippen LogP contribution in [0.5, 0.6) is 0 Å². The number of hydrogen-bond donors (Lipinski definition) is 1. The molecule has 0 radical (unpaired) electrons. The van der Waals surface area contributed by atoms with E-state index in [2.05, 4.69) is 22.2 Å². The second kappa shape index (κ2) is 5.83. The van der Waals surface area contributed by atoms with Crippen molar-refractivity contribution in [3.8, 4) is 0 Å². The lowest BCUT2D eigenvalue weighted by Gasteiger charge is -2.33. The molecule has 2 saturated heterocycles. The normalized spacial score (nSPS) is 28.5. The van der Waals surface area contributed by atoms with Gasteiger partial charge in [-0.05, 0) is 58.3 Å². The minimum absolute atomic E-state index is 0.139. The van der Waals surface area contributed by atoms with Gasteiger partial charge >= 0.3 is 0 Å². The fourth-order valence-corrected chi connectivity index (χ4v) is 3.08. The van der Waals surface area contributed by atoms with Gasteiger partial charge in [0.1, 0.15) is 0 Å². The summed E-state index contributed by atoms with van der Waals surface area (Å²) >= 11 is 0. The summed E-state index contributed by atoms with van der Waals surface area (Å²) in [6.45, 7) is 4.64. The third-order valence-corrected chi connectivity index (χ3v) is 4.24. The van der Waals surface area contributed by atoms with Crippen LogP contribution in [0.4, 0.5) is 0 Å². The highest BCUT2D eigenvalue weighted by Gasteiger charge is 2.31. The van der Waals surface area contributed by atoms with Crippen molar-refractivity contribution in [2.24, 2.45) is 5.92 Å². The Morgan fingerprint density at radius 3 is 2.59 bits per heavy atom. The molecule has 2 fully saturated rings. The van der Waals surface area contributed by atoms with Gasteiger partial charge in [-0.25, -0.2) is 0 Å². The number of carbonyl (C=O) groups excluding carboxylic acids is 1. The van der Waals surface area contributed by atoms with Crippen LogP contribution in [-0.4, -0.2) is 62.0 Å². The van der Waals surface area contributed by atoms with E-state index in [1.807, 2.05) is 0 Å². The number of piperidine rings is 1. The van der Waals surface area contributed by atoms with Crippen LogP contribution < -0.4 is 5.32 Å². The van der Waals surface area contributed by atoms with Crippen molar-refractivity contribution in [2.75, 3.05) is 40.3 Å². The molecule has 0 aromatic carbocycles. The fraction of sp³-hybridized carbons (Fsp3) is 0.923. The van der Waals surface area contributed by atoms with E-state index in [4.69, 9.17) is 0 Å². The summed E-state index contributed by atoms with van der Waals surface area (Å²) < 4.78 is 0. The molecule has 4 heteroatoms. The van der Waals surface area contributed by atoms with E-state index in [1.54, 1.807) is 7.05 Å². The summed E-state index contributed by atoms with van der Waals surface area (Å²) in [5.74, 6) is 0.992. The fourth-order valence-electron chi connectivity index (χ4n) is 3.08. The van der Waals surface area contributed by atoms with Crippen molar-refractivity contribution < 1.29 is 4.79 Å². The van der Waals surface area contributed by atoms with Crippen molar-refractivity contribution in [3.63, 3.8) is 0 Å². The van der Waals surface area contributed by atoms with Crippen LogP contribution in [0.25, 0.3) is 0 Å². The van der Waals surface area contributed by atoms with Crippen molar-refractivity contribution in [3.05, 3.63) is 0 Å². The van der Waals surface area contributed by atoms with Crippen LogP contribution in [-0.2, 0) is 4.79 Å². The number of likely N-dealkylation sites (tertiary alicyclic amines) is 2. The topological polar surface area (TPSA) is 35.6 Å². The molecule has 1 atom stereocenters. The van der Waals surface area contributed by atoms with Crippen LogP contribution >= 0.6 is 0 Å². The van der Waals surface area contributed by atoms with Gasteiger partial charge in [0.05, 0.1) is 6.04 Å². The molecule has 1 amide bonds. The molecule has 0 aliphatic carbocycles. The van der Waals surface area contributed by atoms with Crippen molar-refractivity contribution in [1.29, 1.82) is 0 Å². The standard InChI is InChI=1S/C13H25N3O/c1-14-13(17)12-4-3-7-16(12)10-11-5-8-15(2)9-6-11/h11-12H,3-10H2,1-2H3,(H,14,17)/t12-/m0/s1. The Labute approximate surface area is 104 Å². The predicted octanol–water partition coefficient (Wildman–Crippen LogP) is 0.539. The highest BCUT2D eigenvalue weighted by atomic mass is 16.2. The summed E-state index contributed by atoms with van der Waals surface area (Å²) in [7, 11) is 3.94. The molecule has 2 aliphatic rings. The third kappa shape index (κ3) is 3.19. The van der Waals surface area contributed by atoms with Gasteiger partial charge in [-0.1, -0.05) is 0 Å².